The van der Waals surface area contributed by atoms with Gasteiger partial charge in [0, 0.05) is 94.4 Å². The fraction of sp³-hybridized carbons (Fsp3) is 0.625. The van der Waals surface area contributed by atoms with Crippen molar-refractivity contribution in [2.75, 3.05) is 83.6 Å². The van der Waals surface area contributed by atoms with Crippen LogP contribution in [0, 0.1) is 0 Å². The van der Waals surface area contributed by atoms with Crippen molar-refractivity contribution in [1.29, 1.82) is 0 Å². The van der Waals surface area contributed by atoms with E-state index in [9.17, 15) is 0 Å². The van der Waals surface area contributed by atoms with Gasteiger partial charge in [-0.1, -0.05) is 105 Å². The molecule has 0 saturated heterocycles. The third-order valence-electron chi connectivity index (χ3n) is 17.2. The van der Waals surface area contributed by atoms with Crippen LogP contribution >= 0.6 is 0 Å². The average Bonchev–Trinajstić information content (AvgIpc) is 3.42. The first-order valence-corrected chi connectivity index (χ1v) is 29.2. The first-order chi connectivity index (χ1) is 37.0. The minimum Gasteiger partial charge on any atom is -0.496 e. The molecule has 76 heavy (non-hydrogen) atoms. The van der Waals surface area contributed by atoms with Gasteiger partial charge >= 0.3 is 0 Å². The van der Waals surface area contributed by atoms with E-state index in [0.29, 0.717) is 53.1 Å². The summed E-state index contributed by atoms with van der Waals surface area (Å²) in [7, 11) is 16.0. The Kier molecular flexibility index (Phi) is 18.6. The smallest absolute Gasteiger partial charge is 0.142 e. The van der Waals surface area contributed by atoms with Crippen LogP contribution in [0.25, 0.3) is 0 Å². The standard InChI is InChI=1S/C64H92N4O8/c1-13-17-21-25-41-45-29-50(62-53(57(45)69-9)33-65(5)38-74-62)43(27-23-19-15-3)47-31-52(64-55(59(47)71-11)35-67(7)40-76-64)44(28-24-20-16-4)48-32-51(63-56(60(48)72-12)36-68(8)39-75-63)42(26-22-18-14-2)46-30-49(41)61-54(58(46)70-10)34-66(6)37-73-61/h29-32,41-44H,13-28,33-40H2,1-12H3/t41-,42-,43-,44-/m1/s1. The molecule has 416 valence electrons. The molecule has 0 saturated carbocycles. The summed E-state index contributed by atoms with van der Waals surface area (Å²) in [4.78, 5) is 9.07. The summed E-state index contributed by atoms with van der Waals surface area (Å²) in [6.07, 6.45) is 16.8. The Morgan fingerprint density at radius 2 is 0.553 bits per heavy atom. The molecule has 4 atom stereocenters. The Balaban J connectivity index is 1.51. The average molecular weight is 1050 g/mol. The second-order valence-electron chi connectivity index (χ2n) is 22.9. The van der Waals surface area contributed by atoms with Crippen molar-refractivity contribution in [1.82, 2.24) is 19.6 Å². The Morgan fingerprint density at radius 1 is 0.342 bits per heavy atom. The molecule has 0 aromatic heterocycles. The van der Waals surface area contributed by atoms with Crippen LogP contribution in [-0.4, -0.2) is 103 Å². The minimum absolute atomic E-state index is 0.0729. The normalized spacial score (nSPS) is 20.5. The summed E-state index contributed by atoms with van der Waals surface area (Å²) in [6.45, 7) is 14.0. The van der Waals surface area contributed by atoms with Crippen molar-refractivity contribution in [3.05, 3.63) is 91.0 Å². The Labute approximate surface area is 456 Å². The molecule has 9 rings (SSSR count). The van der Waals surface area contributed by atoms with Crippen LogP contribution in [-0.2, 0) is 26.2 Å². The quantitative estimate of drug-likeness (QED) is 0.0790. The lowest BCUT2D eigenvalue weighted by molar-refractivity contribution is 0.116. The van der Waals surface area contributed by atoms with E-state index in [2.05, 4.69) is 99.8 Å². The number of unbranched alkanes of at least 4 members (excludes halogenated alkanes) is 8. The molecule has 0 fully saturated rings. The highest BCUT2D eigenvalue weighted by Crippen LogP contribution is 2.58. The lowest BCUT2D eigenvalue weighted by atomic mass is 9.74. The van der Waals surface area contributed by atoms with Crippen LogP contribution in [0.4, 0.5) is 0 Å². The van der Waals surface area contributed by atoms with E-state index in [-0.39, 0.29) is 23.7 Å². The van der Waals surface area contributed by atoms with E-state index < -0.39 is 0 Å². The number of rotatable bonds is 20. The number of hydrogen-bond acceptors (Lipinski definition) is 12. The number of ether oxygens (including phenoxy) is 8. The van der Waals surface area contributed by atoms with Crippen LogP contribution in [0.2, 0.25) is 0 Å². The van der Waals surface area contributed by atoms with Gasteiger partial charge in [-0.05, 0) is 78.1 Å². The monoisotopic (exact) mass is 1040 g/mol. The van der Waals surface area contributed by atoms with Gasteiger partial charge in [0.2, 0.25) is 0 Å². The minimum atomic E-state index is -0.0729. The van der Waals surface area contributed by atoms with Gasteiger partial charge in [0.25, 0.3) is 0 Å². The molecule has 4 aliphatic heterocycles. The molecule has 12 nitrogen and oxygen atoms in total. The molecule has 0 unspecified atom stereocenters. The van der Waals surface area contributed by atoms with Crippen LogP contribution < -0.4 is 37.9 Å². The van der Waals surface area contributed by atoms with E-state index in [0.717, 1.165) is 171 Å². The van der Waals surface area contributed by atoms with Crippen molar-refractivity contribution in [2.24, 2.45) is 0 Å². The van der Waals surface area contributed by atoms with Crippen LogP contribution in [0.1, 0.15) is 221 Å². The maximum absolute atomic E-state index is 7.08. The summed E-state index contributed by atoms with van der Waals surface area (Å²) < 4.78 is 55.6. The lowest BCUT2D eigenvalue weighted by Gasteiger charge is -2.38. The summed E-state index contributed by atoms with van der Waals surface area (Å²) in [5.74, 6) is 7.13. The fourth-order valence-corrected chi connectivity index (χ4v) is 13.6. The zero-order valence-electron chi connectivity index (χ0n) is 48.6. The molecule has 1 aliphatic carbocycles. The van der Waals surface area contributed by atoms with Crippen molar-refractivity contribution in [2.45, 2.75) is 180 Å². The Bertz CT molecular complexity index is 2210. The topological polar surface area (TPSA) is 86.8 Å². The van der Waals surface area contributed by atoms with Gasteiger partial charge in [-0.25, -0.2) is 0 Å². The largest absolute Gasteiger partial charge is 0.496 e. The molecule has 12 heteroatoms. The van der Waals surface area contributed by atoms with Crippen molar-refractivity contribution >= 4 is 0 Å². The highest BCUT2D eigenvalue weighted by atomic mass is 16.5. The molecular formula is C64H92N4O8. The van der Waals surface area contributed by atoms with Crippen molar-refractivity contribution in [3.63, 3.8) is 0 Å². The zero-order chi connectivity index (χ0) is 53.6. The van der Waals surface area contributed by atoms with Crippen molar-refractivity contribution in [3.8, 4) is 46.0 Å². The predicted molar refractivity (Wildman–Crippen MR) is 304 cm³/mol. The molecular weight excluding hydrogens is 953 g/mol. The van der Waals surface area contributed by atoms with Gasteiger partial charge in [0.15, 0.2) is 0 Å². The van der Waals surface area contributed by atoms with Crippen LogP contribution in [0.5, 0.6) is 46.0 Å². The van der Waals surface area contributed by atoms with Crippen LogP contribution in [0.15, 0.2) is 24.3 Å². The third kappa shape index (κ3) is 11.0. The predicted octanol–water partition coefficient (Wildman–Crippen LogP) is 14.0. The Morgan fingerprint density at radius 3 is 0.737 bits per heavy atom. The maximum atomic E-state index is 7.08. The number of fused-ring (bicyclic) bond motifs is 16. The Hall–Kier alpha value is -4.88. The van der Waals surface area contributed by atoms with Crippen LogP contribution in [0.3, 0.4) is 0 Å². The molecule has 4 aromatic carbocycles. The molecule has 8 bridgehead atoms. The molecule has 4 heterocycles. The van der Waals surface area contributed by atoms with E-state index in [1.165, 1.54) is 44.5 Å². The second-order valence-corrected chi connectivity index (χ2v) is 22.9. The summed E-state index contributed by atoms with van der Waals surface area (Å²) >= 11 is 0. The molecule has 5 aliphatic rings. The number of benzene rings is 4. The van der Waals surface area contributed by atoms with Gasteiger partial charge in [0.05, 0.1) is 50.7 Å². The van der Waals surface area contributed by atoms with Gasteiger partial charge in [-0.3, -0.25) is 19.6 Å². The zero-order valence-corrected chi connectivity index (χ0v) is 48.6. The summed E-state index contributed by atoms with van der Waals surface area (Å²) in [5.41, 5.74) is 14.0. The number of hydrogen-bond donors (Lipinski definition) is 0. The maximum Gasteiger partial charge on any atom is 0.142 e. The molecule has 0 spiro atoms. The van der Waals surface area contributed by atoms with Gasteiger partial charge < -0.3 is 37.9 Å². The molecule has 4 aromatic rings. The summed E-state index contributed by atoms with van der Waals surface area (Å²) in [5, 5.41) is 0. The third-order valence-corrected chi connectivity index (χ3v) is 17.2. The highest BCUT2D eigenvalue weighted by Gasteiger charge is 2.41. The fourth-order valence-electron chi connectivity index (χ4n) is 13.6. The first kappa shape index (κ1) is 55.9. The van der Waals surface area contributed by atoms with Crippen molar-refractivity contribution < 1.29 is 37.9 Å². The van der Waals surface area contributed by atoms with E-state index in [1.807, 2.05) is 28.4 Å². The molecule has 0 amide bonds. The van der Waals surface area contributed by atoms with E-state index in [1.54, 1.807) is 0 Å². The SMILES string of the molecule is CCCCC[C@@H]1c2cc(c3c(c2OC)CN(C)CO3)[C@H](CCCCC)c2cc(c3c(c2OC)CN(C)CO3)[C@H](CCCCC)c2cc(c3c(c2OC)CN(C)CO3)[C@H](CCCCC)c2cc1c1c(c2OC)CN(C)CO1. The highest BCUT2D eigenvalue weighted by molar-refractivity contribution is 5.69. The summed E-state index contributed by atoms with van der Waals surface area (Å²) in [6, 6.07) is 10.0. The van der Waals surface area contributed by atoms with E-state index in [4.69, 9.17) is 37.9 Å². The lowest BCUT2D eigenvalue weighted by Crippen LogP contribution is -2.32. The molecule has 0 radical (unpaired) electrons. The number of methoxy groups -OCH3 is 4. The van der Waals surface area contributed by atoms with Gasteiger partial charge in [-0.15, -0.1) is 0 Å². The number of nitrogens with zero attached hydrogens (tertiary/aromatic N) is 4. The second kappa shape index (κ2) is 25.3. The molecule has 0 N–H and O–H groups in total. The van der Waals surface area contributed by atoms with E-state index >= 15 is 0 Å². The first-order valence-electron chi connectivity index (χ1n) is 29.2. The van der Waals surface area contributed by atoms with Gasteiger partial charge in [0.1, 0.15) is 72.9 Å². The van der Waals surface area contributed by atoms with Gasteiger partial charge in [-0.2, -0.15) is 0 Å².